The largest absolute Gasteiger partial charge is 0.444 e. The van der Waals surface area contributed by atoms with E-state index in [4.69, 9.17) is 9.47 Å². The molecular formula is C42H58N2O4. The van der Waals surface area contributed by atoms with Crippen molar-refractivity contribution in [1.82, 2.24) is 10.6 Å². The summed E-state index contributed by atoms with van der Waals surface area (Å²) in [6.45, 7) is 15.4. The Kier molecular flexibility index (Phi) is 12.4. The molecule has 0 aliphatic heterocycles. The van der Waals surface area contributed by atoms with Crippen molar-refractivity contribution in [3.8, 4) is 0 Å². The maximum Gasteiger partial charge on any atom is 0.407 e. The Labute approximate surface area is 289 Å². The quantitative estimate of drug-likeness (QED) is 0.180. The van der Waals surface area contributed by atoms with Gasteiger partial charge in [0.25, 0.3) is 0 Å². The van der Waals surface area contributed by atoms with Gasteiger partial charge in [-0.25, -0.2) is 9.59 Å². The lowest BCUT2D eigenvalue weighted by Gasteiger charge is -2.33. The summed E-state index contributed by atoms with van der Waals surface area (Å²) in [4.78, 5) is 24.9. The third-order valence-electron chi connectivity index (χ3n) is 9.29. The van der Waals surface area contributed by atoms with Crippen LogP contribution in [0.2, 0.25) is 0 Å². The Morgan fingerprint density at radius 3 is 1.58 bits per heavy atom. The zero-order chi connectivity index (χ0) is 35.0. The summed E-state index contributed by atoms with van der Waals surface area (Å²) in [5, 5.41) is 6.07. The topological polar surface area (TPSA) is 76.7 Å². The monoisotopic (exact) mass is 654 g/mol. The first kappa shape index (κ1) is 37.0. The van der Waals surface area contributed by atoms with Gasteiger partial charge in [0, 0.05) is 18.0 Å². The highest BCUT2D eigenvalue weighted by Gasteiger charge is 2.38. The molecule has 6 heteroatoms. The summed E-state index contributed by atoms with van der Waals surface area (Å²) < 4.78 is 11.0. The molecule has 1 aliphatic rings. The van der Waals surface area contributed by atoms with E-state index >= 15 is 0 Å². The molecule has 2 amide bonds. The van der Waals surface area contributed by atoms with Crippen LogP contribution in [-0.2, 0) is 21.3 Å². The number of nitrogens with one attached hydrogen (secondary N) is 2. The van der Waals surface area contributed by atoms with Gasteiger partial charge in [-0.3, -0.25) is 0 Å². The second-order valence-electron chi connectivity index (χ2n) is 15.8. The van der Waals surface area contributed by atoms with Gasteiger partial charge in [0.1, 0.15) is 11.2 Å². The third kappa shape index (κ3) is 10.9. The van der Waals surface area contributed by atoms with Gasteiger partial charge < -0.3 is 20.1 Å². The molecule has 48 heavy (non-hydrogen) atoms. The van der Waals surface area contributed by atoms with Crippen molar-refractivity contribution in [2.24, 2.45) is 0 Å². The standard InChI is InChI=1S/C42H58N2O4/c1-30(43-38(45)47-40(3,4)5)17-15-26-42(27-16-18-31(2)44-39(46)48-41(6,7)8)28-25-32-23-24-35(29-36(32)42)37(33-19-11-9-12-20-33)34-21-13-10-14-22-34/h9-14,19-24,29-31,37H,15-18,25-28H2,1-8H3,(H,43,45)(H,44,46). The van der Waals surface area contributed by atoms with E-state index in [1.807, 2.05) is 41.5 Å². The summed E-state index contributed by atoms with van der Waals surface area (Å²) in [5.41, 5.74) is 5.79. The molecule has 6 nitrogen and oxygen atoms in total. The number of benzene rings is 3. The van der Waals surface area contributed by atoms with Crippen LogP contribution in [0, 0.1) is 0 Å². The van der Waals surface area contributed by atoms with Crippen molar-refractivity contribution in [3.63, 3.8) is 0 Å². The number of carbonyl (C=O) groups excluding carboxylic acids is 2. The number of hydrogen-bond acceptors (Lipinski definition) is 4. The average Bonchev–Trinajstić information content (AvgIpc) is 3.34. The number of rotatable bonds is 13. The lowest BCUT2D eigenvalue weighted by Crippen LogP contribution is -2.38. The molecule has 0 aromatic heterocycles. The fourth-order valence-corrected chi connectivity index (χ4v) is 7.16. The Balaban J connectivity index is 1.57. The predicted octanol–water partition coefficient (Wildman–Crippen LogP) is 10.2. The molecule has 4 rings (SSSR count). The molecule has 0 radical (unpaired) electrons. The smallest absolute Gasteiger partial charge is 0.407 e. The first-order chi connectivity index (χ1) is 22.6. The highest BCUT2D eigenvalue weighted by molar-refractivity contribution is 5.68. The van der Waals surface area contributed by atoms with Gasteiger partial charge in [-0.05, 0) is 127 Å². The number of hydrogen-bond donors (Lipinski definition) is 2. The minimum atomic E-state index is -0.522. The van der Waals surface area contributed by atoms with Gasteiger partial charge in [0.15, 0.2) is 0 Å². The van der Waals surface area contributed by atoms with Gasteiger partial charge in [0.05, 0.1) is 0 Å². The molecule has 260 valence electrons. The van der Waals surface area contributed by atoms with Crippen LogP contribution < -0.4 is 10.6 Å². The minimum Gasteiger partial charge on any atom is -0.444 e. The van der Waals surface area contributed by atoms with E-state index in [9.17, 15) is 9.59 Å². The fraction of sp³-hybridized carbons (Fsp3) is 0.524. The van der Waals surface area contributed by atoms with E-state index in [1.165, 1.54) is 27.8 Å². The van der Waals surface area contributed by atoms with Crippen LogP contribution >= 0.6 is 0 Å². The lowest BCUT2D eigenvalue weighted by molar-refractivity contribution is 0.0494. The number of fused-ring (bicyclic) bond motifs is 1. The van der Waals surface area contributed by atoms with Crippen molar-refractivity contribution in [3.05, 3.63) is 107 Å². The minimum absolute atomic E-state index is 0.0164. The van der Waals surface area contributed by atoms with Crippen LogP contribution in [0.15, 0.2) is 78.9 Å². The van der Waals surface area contributed by atoms with E-state index in [2.05, 4.69) is 103 Å². The molecule has 2 N–H and O–H groups in total. The molecule has 0 spiro atoms. The zero-order valence-corrected chi connectivity index (χ0v) is 30.5. The van der Waals surface area contributed by atoms with Crippen molar-refractivity contribution >= 4 is 12.2 Å². The normalized spacial score (nSPS) is 17.4. The molecule has 0 bridgehead atoms. The van der Waals surface area contributed by atoms with Crippen LogP contribution in [-0.4, -0.2) is 35.5 Å². The van der Waals surface area contributed by atoms with Crippen molar-refractivity contribution < 1.29 is 19.1 Å². The highest BCUT2D eigenvalue weighted by Crippen LogP contribution is 2.48. The number of alkyl carbamates (subject to hydrolysis) is 2. The predicted molar refractivity (Wildman–Crippen MR) is 196 cm³/mol. The zero-order valence-electron chi connectivity index (χ0n) is 30.5. The van der Waals surface area contributed by atoms with Gasteiger partial charge in [-0.2, -0.15) is 0 Å². The number of aryl methyl sites for hydroxylation is 1. The Bertz CT molecular complexity index is 1390. The van der Waals surface area contributed by atoms with Gasteiger partial charge in [0.2, 0.25) is 0 Å². The van der Waals surface area contributed by atoms with Crippen molar-refractivity contribution in [1.29, 1.82) is 0 Å². The summed E-state index contributed by atoms with van der Waals surface area (Å²) in [7, 11) is 0. The summed E-state index contributed by atoms with van der Waals surface area (Å²) in [6.07, 6.45) is 7.27. The van der Waals surface area contributed by atoms with E-state index in [-0.39, 0.29) is 35.6 Å². The maximum atomic E-state index is 12.4. The van der Waals surface area contributed by atoms with Gasteiger partial charge in [-0.1, -0.05) is 91.7 Å². The third-order valence-corrected chi connectivity index (χ3v) is 9.29. The molecule has 0 saturated heterocycles. The number of amides is 2. The second-order valence-corrected chi connectivity index (χ2v) is 15.8. The Morgan fingerprint density at radius 1 is 0.688 bits per heavy atom. The molecule has 0 saturated carbocycles. The Hall–Kier alpha value is -3.80. The molecule has 0 fully saturated rings. The fourth-order valence-electron chi connectivity index (χ4n) is 7.16. The highest BCUT2D eigenvalue weighted by atomic mass is 16.6. The summed E-state index contributed by atoms with van der Waals surface area (Å²) in [6, 6.07) is 28.8. The first-order valence-corrected chi connectivity index (χ1v) is 17.9. The van der Waals surface area contributed by atoms with E-state index < -0.39 is 11.2 Å². The number of ether oxygens (including phenoxy) is 2. The molecule has 0 heterocycles. The molecule has 2 unspecified atom stereocenters. The van der Waals surface area contributed by atoms with Crippen LogP contribution in [0.4, 0.5) is 9.59 Å². The van der Waals surface area contributed by atoms with E-state index in [0.717, 1.165) is 51.4 Å². The van der Waals surface area contributed by atoms with Crippen molar-refractivity contribution in [2.75, 3.05) is 0 Å². The molecule has 2 atom stereocenters. The molecular weight excluding hydrogens is 596 g/mol. The van der Waals surface area contributed by atoms with Crippen LogP contribution in [0.1, 0.15) is 134 Å². The second kappa shape index (κ2) is 16.1. The molecule has 3 aromatic carbocycles. The summed E-state index contributed by atoms with van der Waals surface area (Å²) >= 11 is 0. The number of carbonyl (C=O) groups is 2. The van der Waals surface area contributed by atoms with Crippen LogP contribution in [0.25, 0.3) is 0 Å². The van der Waals surface area contributed by atoms with Crippen LogP contribution in [0.3, 0.4) is 0 Å². The van der Waals surface area contributed by atoms with Crippen LogP contribution in [0.5, 0.6) is 0 Å². The van der Waals surface area contributed by atoms with E-state index in [0.29, 0.717) is 0 Å². The maximum absolute atomic E-state index is 12.4. The molecule has 1 aliphatic carbocycles. The lowest BCUT2D eigenvalue weighted by atomic mass is 9.72. The van der Waals surface area contributed by atoms with E-state index in [1.54, 1.807) is 0 Å². The average molecular weight is 655 g/mol. The first-order valence-electron chi connectivity index (χ1n) is 17.9. The SMILES string of the molecule is CC(CCCC1(CCCC(C)NC(=O)OC(C)(C)C)CCc2ccc(C(c3ccccc3)c3ccccc3)cc21)NC(=O)OC(C)(C)C. The van der Waals surface area contributed by atoms with Gasteiger partial charge >= 0.3 is 12.2 Å². The van der Waals surface area contributed by atoms with Crippen molar-refractivity contribution in [2.45, 2.75) is 141 Å². The van der Waals surface area contributed by atoms with Gasteiger partial charge in [-0.15, -0.1) is 0 Å². The Morgan fingerprint density at radius 2 is 1.15 bits per heavy atom. The molecule has 3 aromatic rings. The summed E-state index contributed by atoms with van der Waals surface area (Å²) in [5.74, 6) is 0.145.